The van der Waals surface area contributed by atoms with Gasteiger partial charge in [-0.2, -0.15) is 0 Å². The number of benzene rings is 1. The molecule has 0 aliphatic carbocycles. The van der Waals surface area contributed by atoms with Crippen molar-refractivity contribution >= 4 is 5.78 Å². The number of allylic oxidation sites excluding steroid dienone is 2. The average Bonchev–Trinajstić information content (AvgIpc) is 2.26. The van der Waals surface area contributed by atoms with Crippen molar-refractivity contribution in [3.63, 3.8) is 0 Å². The molecule has 17 heavy (non-hydrogen) atoms. The predicted molar refractivity (Wildman–Crippen MR) is 69.8 cm³/mol. The van der Waals surface area contributed by atoms with Gasteiger partial charge >= 0.3 is 0 Å². The highest BCUT2D eigenvalue weighted by atomic mass is 16.3. The van der Waals surface area contributed by atoms with E-state index in [0.29, 0.717) is 6.42 Å². The highest BCUT2D eigenvalue weighted by Crippen LogP contribution is 2.08. The first kappa shape index (κ1) is 13.7. The molecule has 0 aromatic heterocycles. The van der Waals surface area contributed by atoms with Crippen LogP contribution in [0.1, 0.15) is 32.3 Å². The van der Waals surface area contributed by atoms with Crippen LogP contribution in [0.25, 0.3) is 0 Å². The van der Waals surface area contributed by atoms with Crippen LogP contribution in [0, 0.1) is 0 Å². The largest absolute Gasteiger partial charge is 0.393 e. The van der Waals surface area contributed by atoms with E-state index < -0.39 is 6.10 Å². The summed E-state index contributed by atoms with van der Waals surface area (Å²) in [5.41, 5.74) is 2.17. The summed E-state index contributed by atoms with van der Waals surface area (Å²) < 4.78 is 0. The second-order valence-electron chi connectivity index (χ2n) is 4.57. The van der Waals surface area contributed by atoms with Crippen molar-refractivity contribution in [3.05, 3.63) is 47.5 Å². The van der Waals surface area contributed by atoms with Crippen LogP contribution in [-0.4, -0.2) is 17.0 Å². The Bertz CT molecular complexity index is 375. The molecule has 1 N–H and O–H groups in total. The summed E-state index contributed by atoms with van der Waals surface area (Å²) in [5, 5.41) is 9.74. The Hall–Kier alpha value is -1.41. The molecule has 0 fully saturated rings. The van der Waals surface area contributed by atoms with Crippen LogP contribution >= 0.6 is 0 Å². The van der Waals surface area contributed by atoms with E-state index in [2.05, 4.69) is 0 Å². The molecule has 2 heteroatoms. The first-order chi connectivity index (χ1) is 8.08. The third kappa shape index (κ3) is 6.03. The van der Waals surface area contributed by atoms with Crippen molar-refractivity contribution in [2.45, 2.75) is 39.2 Å². The summed E-state index contributed by atoms with van der Waals surface area (Å²) in [6, 6.07) is 10.00. The zero-order chi connectivity index (χ0) is 12.7. The molecule has 0 aliphatic rings. The van der Waals surface area contributed by atoms with Crippen molar-refractivity contribution in [2.75, 3.05) is 0 Å². The molecule has 0 bridgehead atoms. The standard InChI is InChI=1S/C15H20O2/c1-12(2)10-15(17)11-14(16)9-8-13-6-4-3-5-7-13/h3-7,10,14,16H,8-9,11H2,1-2H3. The van der Waals surface area contributed by atoms with Crippen molar-refractivity contribution < 1.29 is 9.90 Å². The van der Waals surface area contributed by atoms with Gasteiger partial charge in [-0.3, -0.25) is 4.79 Å². The van der Waals surface area contributed by atoms with Crippen LogP contribution < -0.4 is 0 Å². The number of hydrogen-bond acceptors (Lipinski definition) is 2. The highest BCUT2D eigenvalue weighted by Gasteiger charge is 2.08. The molecule has 1 atom stereocenters. The van der Waals surface area contributed by atoms with E-state index in [9.17, 15) is 9.90 Å². The molecule has 92 valence electrons. The molecule has 1 unspecified atom stereocenters. The number of carbonyl (C=O) groups excluding carboxylic acids is 1. The SMILES string of the molecule is CC(C)=CC(=O)CC(O)CCc1ccccc1. The number of rotatable bonds is 6. The van der Waals surface area contributed by atoms with Crippen molar-refractivity contribution in [1.82, 2.24) is 0 Å². The molecule has 0 radical (unpaired) electrons. The molecular formula is C15H20O2. The third-order valence-corrected chi connectivity index (χ3v) is 2.50. The van der Waals surface area contributed by atoms with E-state index in [1.165, 1.54) is 5.56 Å². The third-order valence-electron chi connectivity index (χ3n) is 2.50. The molecule has 0 spiro atoms. The molecule has 1 aromatic rings. The zero-order valence-corrected chi connectivity index (χ0v) is 10.5. The van der Waals surface area contributed by atoms with Crippen molar-refractivity contribution in [3.8, 4) is 0 Å². The fourth-order valence-electron chi connectivity index (χ4n) is 1.69. The van der Waals surface area contributed by atoms with E-state index >= 15 is 0 Å². The first-order valence-corrected chi connectivity index (χ1v) is 5.97. The fourth-order valence-corrected chi connectivity index (χ4v) is 1.69. The molecule has 0 saturated heterocycles. The quantitative estimate of drug-likeness (QED) is 0.766. The maximum absolute atomic E-state index is 11.4. The van der Waals surface area contributed by atoms with Gasteiger partial charge in [-0.1, -0.05) is 35.9 Å². The lowest BCUT2D eigenvalue weighted by atomic mass is 10.0. The Labute approximate surface area is 103 Å². The molecule has 0 amide bonds. The Morgan fingerprint density at radius 3 is 2.53 bits per heavy atom. The van der Waals surface area contributed by atoms with Crippen LogP contribution in [0.3, 0.4) is 0 Å². The number of aliphatic hydroxyl groups excluding tert-OH is 1. The average molecular weight is 232 g/mol. The number of ketones is 1. The van der Waals surface area contributed by atoms with E-state index in [0.717, 1.165) is 12.0 Å². The maximum Gasteiger partial charge on any atom is 0.158 e. The monoisotopic (exact) mass is 232 g/mol. The van der Waals surface area contributed by atoms with E-state index in [1.54, 1.807) is 6.08 Å². The van der Waals surface area contributed by atoms with Gasteiger partial charge in [0.25, 0.3) is 0 Å². The maximum atomic E-state index is 11.4. The van der Waals surface area contributed by atoms with Gasteiger partial charge in [0, 0.05) is 6.42 Å². The normalized spacial score (nSPS) is 11.9. The summed E-state index contributed by atoms with van der Waals surface area (Å²) in [6.07, 6.45) is 2.71. The summed E-state index contributed by atoms with van der Waals surface area (Å²) in [6.45, 7) is 3.77. The van der Waals surface area contributed by atoms with Gasteiger partial charge < -0.3 is 5.11 Å². The lowest BCUT2D eigenvalue weighted by molar-refractivity contribution is -0.116. The smallest absolute Gasteiger partial charge is 0.158 e. The molecule has 1 aromatic carbocycles. The minimum absolute atomic E-state index is 0.00515. The summed E-state index contributed by atoms with van der Waals surface area (Å²) >= 11 is 0. The Kier molecular flexibility index (Phi) is 5.64. The Morgan fingerprint density at radius 2 is 1.94 bits per heavy atom. The molecule has 2 nitrogen and oxygen atoms in total. The minimum atomic E-state index is -0.543. The van der Waals surface area contributed by atoms with E-state index in [1.807, 2.05) is 44.2 Å². The van der Waals surface area contributed by atoms with Crippen molar-refractivity contribution in [1.29, 1.82) is 0 Å². The molecule has 0 aliphatic heterocycles. The van der Waals surface area contributed by atoms with Crippen LogP contribution in [0.15, 0.2) is 42.0 Å². The summed E-state index contributed by atoms with van der Waals surface area (Å²) in [4.78, 5) is 11.4. The zero-order valence-electron chi connectivity index (χ0n) is 10.5. The van der Waals surface area contributed by atoms with Crippen LogP contribution in [-0.2, 0) is 11.2 Å². The number of aryl methyl sites for hydroxylation is 1. The molecule has 0 saturated carbocycles. The summed E-state index contributed by atoms with van der Waals surface area (Å²) in [5.74, 6) is 0.00515. The van der Waals surface area contributed by atoms with Crippen LogP contribution in [0.4, 0.5) is 0 Å². The highest BCUT2D eigenvalue weighted by molar-refractivity contribution is 5.90. The van der Waals surface area contributed by atoms with Gasteiger partial charge in [-0.25, -0.2) is 0 Å². The van der Waals surface area contributed by atoms with E-state index in [-0.39, 0.29) is 12.2 Å². The van der Waals surface area contributed by atoms with Gasteiger partial charge in [0.15, 0.2) is 5.78 Å². The fraction of sp³-hybridized carbons (Fsp3) is 0.400. The number of aliphatic hydroxyl groups is 1. The van der Waals surface area contributed by atoms with Gasteiger partial charge in [-0.15, -0.1) is 0 Å². The summed E-state index contributed by atoms with van der Waals surface area (Å²) in [7, 11) is 0. The predicted octanol–water partition coefficient (Wildman–Crippen LogP) is 2.91. The minimum Gasteiger partial charge on any atom is -0.393 e. The van der Waals surface area contributed by atoms with Crippen molar-refractivity contribution in [2.24, 2.45) is 0 Å². The molecule has 1 rings (SSSR count). The second-order valence-corrected chi connectivity index (χ2v) is 4.57. The van der Waals surface area contributed by atoms with Crippen LogP contribution in [0.2, 0.25) is 0 Å². The Morgan fingerprint density at radius 1 is 1.29 bits per heavy atom. The topological polar surface area (TPSA) is 37.3 Å². The van der Waals surface area contributed by atoms with E-state index in [4.69, 9.17) is 0 Å². The molecular weight excluding hydrogens is 212 g/mol. The number of carbonyl (C=O) groups is 1. The lowest BCUT2D eigenvalue weighted by Gasteiger charge is -2.08. The number of hydrogen-bond donors (Lipinski definition) is 1. The van der Waals surface area contributed by atoms with Gasteiger partial charge in [-0.05, 0) is 38.3 Å². The van der Waals surface area contributed by atoms with Gasteiger partial charge in [0.2, 0.25) is 0 Å². The first-order valence-electron chi connectivity index (χ1n) is 5.97. The second kappa shape index (κ2) is 7.02. The van der Waals surface area contributed by atoms with Gasteiger partial charge in [0.05, 0.1) is 6.10 Å². The molecule has 0 heterocycles. The van der Waals surface area contributed by atoms with Crippen LogP contribution in [0.5, 0.6) is 0 Å². The Balaban J connectivity index is 2.33. The lowest BCUT2D eigenvalue weighted by Crippen LogP contribution is -2.13. The van der Waals surface area contributed by atoms with Gasteiger partial charge in [0.1, 0.15) is 0 Å².